The Hall–Kier alpha value is -0.930. The van der Waals surface area contributed by atoms with E-state index in [0.29, 0.717) is 17.5 Å². The molecule has 1 aromatic heterocycles. The molecule has 0 saturated carbocycles. The van der Waals surface area contributed by atoms with E-state index >= 15 is 0 Å². The van der Waals surface area contributed by atoms with Gasteiger partial charge in [0.25, 0.3) is 0 Å². The fraction of sp³-hybridized carbons (Fsp3) is 0.643. The van der Waals surface area contributed by atoms with Gasteiger partial charge >= 0.3 is 0 Å². The summed E-state index contributed by atoms with van der Waals surface area (Å²) >= 11 is 0. The predicted octanol–water partition coefficient (Wildman–Crippen LogP) is 2.12. The lowest BCUT2D eigenvalue weighted by Gasteiger charge is -2.41. The van der Waals surface area contributed by atoms with Crippen molar-refractivity contribution in [3.63, 3.8) is 0 Å². The highest BCUT2D eigenvalue weighted by Gasteiger charge is 2.32. The quantitative estimate of drug-likeness (QED) is 0.839. The van der Waals surface area contributed by atoms with E-state index in [4.69, 9.17) is 0 Å². The molecule has 0 aromatic carbocycles. The maximum Gasteiger partial charge on any atom is 0.0315 e. The van der Waals surface area contributed by atoms with Crippen molar-refractivity contribution in [3.8, 4) is 0 Å². The fourth-order valence-electron chi connectivity index (χ4n) is 2.51. The molecule has 2 atom stereocenters. The van der Waals surface area contributed by atoms with Crippen molar-refractivity contribution in [1.29, 1.82) is 0 Å². The van der Waals surface area contributed by atoms with Gasteiger partial charge in [-0.1, -0.05) is 19.9 Å². The summed E-state index contributed by atoms with van der Waals surface area (Å²) in [7, 11) is 0. The Bertz CT molecular complexity index is 348. The highest BCUT2D eigenvalue weighted by Crippen LogP contribution is 2.27. The molecule has 1 aliphatic rings. The van der Waals surface area contributed by atoms with Gasteiger partial charge in [0.05, 0.1) is 0 Å². The minimum atomic E-state index is 0.314. The van der Waals surface area contributed by atoms with Crippen LogP contribution in [0.25, 0.3) is 0 Å². The molecule has 0 amide bonds. The second kappa shape index (κ2) is 5.15. The second-order valence-corrected chi connectivity index (χ2v) is 5.68. The largest absolute Gasteiger partial charge is 0.316 e. The van der Waals surface area contributed by atoms with Crippen LogP contribution in [0.4, 0.5) is 0 Å². The Kier molecular flexibility index (Phi) is 3.79. The average Bonchev–Trinajstić information content (AvgIpc) is 2.33. The molecule has 2 heterocycles. The van der Waals surface area contributed by atoms with Crippen LogP contribution in [-0.4, -0.2) is 24.1 Å². The zero-order chi connectivity index (χ0) is 12.3. The van der Waals surface area contributed by atoms with E-state index in [1.54, 1.807) is 0 Å². The molecule has 1 saturated heterocycles. The molecule has 3 heteroatoms. The second-order valence-electron chi connectivity index (χ2n) is 5.68. The van der Waals surface area contributed by atoms with Gasteiger partial charge in [0.2, 0.25) is 0 Å². The Balaban J connectivity index is 2.00. The van der Waals surface area contributed by atoms with Gasteiger partial charge in [0.1, 0.15) is 0 Å². The summed E-state index contributed by atoms with van der Waals surface area (Å²) in [6.07, 6.45) is 4.97. The Labute approximate surface area is 104 Å². The normalized spacial score (nSPS) is 25.5. The monoisotopic (exact) mass is 233 g/mol. The predicted molar refractivity (Wildman–Crippen MR) is 70.8 cm³/mol. The van der Waals surface area contributed by atoms with Gasteiger partial charge in [0, 0.05) is 31.0 Å². The Morgan fingerprint density at radius 1 is 1.53 bits per heavy atom. The van der Waals surface area contributed by atoms with Gasteiger partial charge in [0.15, 0.2) is 0 Å². The van der Waals surface area contributed by atoms with E-state index in [2.05, 4.69) is 42.5 Å². The van der Waals surface area contributed by atoms with Gasteiger partial charge in [-0.15, -0.1) is 0 Å². The number of pyridine rings is 1. The van der Waals surface area contributed by atoms with E-state index in [9.17, 15) is 0 Å². The summed E-state index contributed by atoms with van der Waals surface area (Å²) in [6, 6.07) is 5.07. The van der Waals surface area contributed by atoms with Crippen LogP contribution < -0.4 is 10.6 Å². The number of rotatable bonds is 3. The van der Waals surface area contributed by atoms with Gasteiger partial charge in [-0.25, -0.2) is 0 Å². The molecule has 1 fully saturated rings. The summed E-state index contributed by atoms with van der Waals surface area (Å²) < 4.78 is 0. The van der Waals surface area contributed by atoms with Crippen LogP contribution in [0, 0.1) is 5.41 Å². The topological polar surface area (TPSA) is 37.0 Å². The van der Waals surface area contributed by atoms with Crippen LogP contribution in [0.3, 0.4) is 0 Å². The molecule has 2 rings (SSSR count). The third-order valence-electron chi connectivity index (χ3n) is 3.77. The third kappa shape index (κ3) is 3.05. The van der Waals surface area contributed by atoms with E-state index in [-0.39, 0.29) is 0 Å². The molecule has 2 unspecified atom stereocenters. The van der Waals surface area contributed by atoms with Crippen LogP contribution in [0.15, 0.2) is 24.5 Å². The van der Waals surface area contributed by atoms with Crippen LogP contribution in [0.5, 0.6) is 0 Å². The standard InChI is InChI=1S/C14H23N3/c1-11(12-5-4-7-15-9-12)17-13-6-8-16-10-14(13,2)3/h4-5,7,9,11,13,16-17H,6,8,10H2,1-3H3. The minimum Gasteiger partial charge on any atom is -0.316 e. The molecule has 0 bridgehead atoms. The molecule has 94 valence electrons. The molecular weight excluding hydrogens is 210 g/mol. The maximum atomic E-state index is 4.18. The van der Waals surface area contributed by atoms with Crippen LogP contribution in [0.2, 0.25) is 0 Å². The van der Waals surface area contributed by atoms with Crippen LogP contribution >= 0.6 is 0 Å². The summed E-state index contributed by atoms with van der Waals surface area (Å²) in [4.78, 5) is 4.18. The van der Waals surface area contributed by atoms with Crippen molar-refractivity contribution in [2.24, 2.45) is 5.41 Å². The zero-order valence-corrected chi connectivity index (χ0v) is 11.0. The summed E-state index contributed by atoms with van der Waals surface area (Å²) in [5.74, 6) is 0. The van der Waals surface area contributed by atoms with E-state index in [1.807, 2.05) is 18.5 Å². The molecule has 1 aromatic rings. The smallest absolute Gasteiger partial charge is 0.0315 e. The lowest BCUT2D eigenvalue weighted by atomic mass is 9.79. The lowest BCUT2D eigenvalue weighted by Crippen LogP contribution is -2.53. The van der Waals surface area contributed by atoms with Gasteiger partial charge < -0.3 is 10.6 Å². The van der Waals surface area contributed by atoms with E-state index in [0.717, 1.165) is 13.1 Å². The molecule has 2 N–H and O–H groups in total. The molecule has 3 nitrogen and oxygen atoms in total. The third-order valence-corrected chi connectivity index (χ3v) is 3.77. The van der Waals surface area contributed by atoms with Crippen molar-refractivity contribution < 1.29 is 0 Å². The van der Waals surface area contributed by atoms with Crippen molar-refractivity contribution in [3.05, 3.63) is 30.1 Å². The van der Waals surface area contributed by atoms with Crippen LogP contribution in [-0.2, 0) is 0 Å². The number of hydrogen-bond donors (Lipinski definition) is 2. The van der Waals surface area contributed by atoms with Crippen molar-refractivity contribution in [2.75, 3.05) is 13.1 Å². The molecule has 1 aliphatic heterocycles. The molecule has 0 spiro atoms. The van der Waals surface area contributed by atoms with Crippen LogP contribution in [0.1, 0.15) is 38.8 Å². The number of piperidine rings is 1. The molecular formula is C14H23N3. The number of hydrogen-bond acceptors (Lipinski definition) is 3. The average molecular weight is 233 g/mol. The Morgan fingerprint density at radius 2 is 2.35 bits per heavy atom. The van der Waals surface area contributed by atoms with E-state index < -0.39 is 0 Å². The van der Waals surface area contributed by atoms with Gasteiger partial charge in [-0.3, -0.25) is 4.98 Å². The number of aromatic nitrogens is 1. The molecule has 0 aliphatic carbocycles. The Morgan fingerprint density at radius 3 is 3.00 bits per heavy atom. The number of nitrogens with one attached hydrogen (secondary N) is 2. The van der Waals surface area contributed by atoms with Gasteiger partial charge in [-0.05, 0) is 36.9 Å². The first-order chi connectivity index (χ1) is 8.09. The highest BCUT2D eigenvalue weighted by atomic mass is 15.0. The zero-order valence-electron chi connectivity index (χ0n) is 11.0. The summed E-state index contributed by atoms with van der Waals surface area (Å²) in [5, 5.41) is 7.21. The van der Waals surface area contributed by atoms with Crippen molar-refractivity contribution in [2.45, 2.75) is 39.3 Å². The first-order valence-corrected chi connectivity index (χ1v) is 6.46. The first-order valence-electron chi connectivity index (χ1n) is 6.46. The van der Waals surface area contributed by atoms with Crippen molar-refractivity contribution in [1.82, 2.24) is 15.6 Å². The minimum absolute atomic E-state index is 0.314. The summed E-state index contributed by atoms with van der Waals surface area (Å²) in [6.45, 7) is 9.07. The lowest BCUT2D eigenvalue weighted by molar-refractivity contribution is 0.174. The van der Waals surface area contributed by atoms with E-state index in [1.165, 1.54) is 12.0 Å². The molecule has 0 radical (unpaired) electrons. The van der Waals surface area contributed by atoms with Gasteiger partial charge in [-0.2, -0.15) is 0 Å². The van der Waals surface area contributed by atoms with Crippen molar-refractivity contribution >= 4 is 0 Å². The highest BCUT2D eigenvalue weighted by molar-refractivity contribution is 5.13. The first kappa shape index (κ1) is 12.5. The molecule has 17 heavy (non-hydrogen) atoms. The SMILES string of the molecule is CC(NC1CCNCC1(C)C)c1cccnc1. The fourth-order valence-corrected chi connectivity index (χ4v) is 2.51. The summed E-state index contributed by atoms with van der Waals surface area (Å²) in [5.41, 5.74) is 1.58. The number of nitrogens with zero attached hydrogens (tertiary/aromatic N) is 1. The maximum absolute atomic E-state index is 4.18.